The van der Waals surface area contributed by atoms with Crippen molar-refractivity contribution in [3.05, 3.63) is 24.8 Å². The molecule has 4 aromatic heterocycles. The Kier molecular flexibility index (Phi) is 10.00. The number of aliphatic hydroxyl groups is 4. The number of nitrogens with two attached hydrogens (primary N) is 3. The van der Waals surface area contributed by atoms with Gasteiger partial charge in [-0.05, 0) is 5.92 Å². The second-order valence-electron chi connectivity index (χ2n) is 11.6. The zero-order valence-corrected chi connectivity index (χ0v) is 26.2. The van der Waals surface area contributed by atoms with Gasteiger partial charge in [0.25, 0.3) is 0 Å². The Labute approximate surface area is 281 Å². The number of nitrogens with one attached hydrogen (secondary N) is 1. The van der Waals surface area contributed by atoms with Gasteiger partial charge >= 0.3 is 5.97 Å². The summed E-state index contributed by atoms with van der Waals surface area (Å²) in [6.45, 7) is -0.851. The van der Waals surface area contributed by atoms with Crippen molar-refractivity contribution in [2.24, 2.45) is 5.73 Å². The predicted molar refractivity (Wildman–Crippen MR) is 169 cm³/mol. The molecule has 0 aromatic carbocycles. The smallest absolute Gasteiger partial charge is 0.317 e. The van der Waals surface area contributed by atoms with E-state index in [-0.39, 0.29) is 78.3 Å². The number of nitrogens with zero attached hydrogens (tertiary/aromatic N) is 9. The maximum atomic E-state index is 11.9. The summed E-state index contributed by atoms with van der Waals surface area (Å²) in [4.78, 5) is 49.8. The molecule has 266 valence electrons. The first-order chi connectivity index (χ1) is 24.0. The van der Waals surface area contributed by atoms with E-state index in [1.807, 2.05) is 0 Å². The summed E-state index contributed by atoms with van der Waals surface area (Å²) in [5, 5.41) is 55.6. The van der Waals surface area contributed by atoms with Crippen molar-refractivity contribution in [1.82, 2.24) is 49.3 Å². The van der Waals surface area contributed by atoms with E-state index in [1.54, 1.807) is 0 Å². The first-order valence-electron chi connectivity index (χ1n) is 15.3. The Morgan fingerprint density at radius 2 is 1.56 bits per heavy atom. The van der Waals surface area contributed by atoms with Crippen LogP contribution in [0.4, 0.5) is 11.6 Å². The molecule has 22 nitrogen and oxygen atoms in total. The van der Waals surface area contributed by atoms with Gasteiger partial charge in [0.05, 0.1) is 19.4 Å². The lowest BCUT2D eigenvalue weighted by Crippen LogP contribution is -2.42. The average molecular weight is 698 g/mol. The molecular formula is C28H35N13O9. The lowest BCUT2D eigenvalue weighted by Gasteiger charge is -2.23. The monoisotopic (exact) mass is 697 g/mol. The highest BCUT2D eigenvalue weighted by Crippen LogP contribution is 2.34. The molecule has 2 saturated heterocycles. The fourth-order valence-electron chi connectivity index (χ4n) is 5.83. The first kappa shape index (κ1) is 34.7. The SMILES string of the molecule is NCCC(=O)NC[C@H]1O[C@@H](n2c(C#CCN(CC(=O)O)C[C@H]3O[C@@H](n4cnc5c(N)ncnc54)[C@H](O)[C@@H]3O)nc3c(N)ncnc32)[C@H](O)[C@@H]1O. The maximum Gasteiger partial charge on any atom is 0.317 e. The molecule has 1 amide bonds. The zero-order valence-electron chi connectivity index (χ0n) is 26.2. The van der Waals surface area contributed by atoms with Gasteiger partial charge < -0.3 is 57.5 Å². The fraction of sp³-hybridized carbons (Fsp3) is 0.500. The summed E-state index contributed by atoms with van der Waals surface area (Å²) in [5.74, 6) is 4.22. The number of amides is 1. The largest absolute Gasteiger partial charge is 0.480 e. The molecule has 8 atom stereocenters. The number of aliphatic hydroxyl groups excluding tert-OH is 4. The molecule has 0 bridgehead atoms. The summed E-state index contributed by atoms with van der Waals surface area (Å²) in [7, 11) is 0. The van der Waals surface area contributed by atoms with Crippen LogP contribution < -0.4 is 22.5 Å². The van der Waals surface area contributed by atoms with Crippen LogP contribution in [0.2, 0.25) is 0 Å². The van der Waals surface area contributed by atoms with Crippen LogP contribution in [0.1, 0.15) is 24.7 Å². The number of ether oxygens (including phenoxy) is 2. The number of carboxylic acids is 1. The minimum absolute atomic E-state index is 0.00300. The van der Waals surface area contributed by atoms with E-state index >= 15 is 0 Å². The first-order valence-corrected chi connectivity index (χ1v) is 15.3. The number of hydrogen-bond donors (Lipinski definition) is 9. The van der Waals surface area contributed by atoms with E-state index < -0.39 is 61.6 Å². The van der Waals surface area contributed by atoms with Crippen molar-refractivity contribution in [1.29, 1.82) is 0 Å². The van der Waals surface area contributed by atoms with Crippen LogP contribution in [0.5, 0.6) is 0 Å². The number of hydrogen-bond acceptors (Lipinski definition) is 18. The zero-order chi connectivity index (χ0) is 35.7. The minimum Gasteiger partial charge on any atom is -0.480 e. The Hall–Kier alpha value is -5.12. The molecule has 0 saturated carbocycles. The van der Waals surface area contributed by atoms with Gasteiger partial charge in [0.15, 0.2) is 46.7 Å². The fourth-order valence-corrected chi connectivity index (χ4v) is 5.83. The molecule has 2 aliphatic rings. The van der Waals surface area contributed by atoms with Crippen molar-refractivity contribution in [3.8, 4) is 11.8 Å². The van der Waals surface area contributed by atoms with Crippen LogP contribution in [0.3, 0.4) is 0 Å². The van der Waals surface area contributed by atoms with E-state index in [9.17, 15) is 35.1 Å². The van der Waals surface area contributed by atoms with Gasteiger partial charge in [0, 0.05) is 26.1 Å². The lowest BCUT2D eigenvalue weighted by molar-refractivity contribution is -0.138. The molecule has 2 fully saturated rings. The number of aliphatic carboxylic acids is 1. The van der Waals surface area contributed by atoms with Crippen LogP contribution in [0.25, 0.3) is 22.3 Å². The number of carbonyl (C=O) groups is 2. The van der Waals surface area contributed by atoms with Crippen LogP contribution >= 0.6 is 0 Å². The molecule has 50 heavy (non-hydrogen) atoms. The molecular weight excluding hydrogens is 662 g/mol. The van der Waals surface area contributed by atoms with E-state index in [1.165, 1.54) is 33.0 Å². The Morgan fingerprint density at radius 1 is 0.900 bits per heavy atom. The number of anilines is 2. The average Bonchev–Trinajstić information content (AvgIpc) is 3.81. The molecule has 0 spiro atoms. The molecule has 0 unspecified atom stereocenters. The molecule has 2 aliphatic heterocycles. The van der Waals surface area contributed by atoms with Crippen LogP contribution in [0.15, 0.2) is 19.0 Å². The van der Waals surface area contributed by atoms with Crippen molar-refractivity contribution in [2.45, 2.75) is 55.5 Å². The highest BCUT2D eigenvalue weighted by atomic mass is 16.6. The van der Waals surface area contributed by atoms with Crippen LogP contribution in [0, 0.1) is 11.8 Å². The van der Waals surface area contributed by atoms with E-state index in [0.717, 1.165) is 0 Å². The van der Waals surface area contributed by atoms with Crippen molar-refractivity contribution in [3.63, 3.8) is 0 Å². The third kappa shape index (κ3) is 6.71. The molecule has 4 aromatic rings. The van der Waals surface area contributed by atoms with E-state index in [2.05, 4.69) is 47.1 Å². The molecule has 12 N–H and O–H groups in total. The molecule has 0 aliphatic carbocycles. The van der Waals surface area contributed by atoms with Crippen molar-refractivity contribution in [2.75, 3.05) is 44.2 Å². The van der Waals surface area contributed by atoms with E-state index in [0.29, 0.717) is 0 Å². The van der Waals surface area contributed by atoms with Gasteiger partial charge in [-0.25, -0.2) is 29.9 Å². The van der Waals surface area contributed by atoms with Crippen molar-refractivity contribution < 1.29 is 44.6 Å². The molecule has 6 heterocycles. The van der Waals surface area contributed by atoms with Gasteiger partial charge in [0.2, 0.25) is 5.91 Å². The molecule has 6 rings (SSSR count). The standard InChI is InChI=1S/C28H35N13O9/c29-4-3-15(42)32-6-12-19(45)22(48)28(49-12)41-14(38-18-24(31)34-10-36-26(18)41)2-1-5-39(8-16(43)44)7-13-20(46)21(47)27(50-13)40-11-37-17-23(30)33-9-35-25(17)40/h9-13,19-22,27-28,45-48H,3-8,29H2,(H,32,42)(H,43,44)(H2,30,33,35)(H2,31,34,36)/t12-,13-,19-,20-,21-,22-,27-,28-/m1/s1. The summed E-state index contributed by atoms with van der Waals surface area (Å²) in [6.07, 6.45) is -6.42. The number of carbonyl (C=O) groups excluding carboxylic acids is 1. The Balaban J connectivity index is 1.22. The van der Waals surface area contributed by atoms with E-state index in [4.69, 9.17) is 26.7 Å². The Morgan fingerprint density at radius 3 is 2.28 bits per heavy atom. The number of fused-ring (bicyclic) bond motifs is 2. The normalized spacial score (nSPS) is 26.4. The molecule has 0 radical (unpaired) electrons. The summed E-state index contributed by atoms with van der Waals surface area (Å²) < 4.78 is 14.6. The van der Waals surface area contributed by atoms with Crippen LogP contribution in [-0.2, 0) is 19.1 Å². The van der Waals surface area contributed by atoms with Gasteiger partial charge in [-0.3, -0.25) is 23.6 Å². The maximum absolute atomic E-state index is 11.9. The quantitative estimate of drug-likeness (QED) is 0.0664. The highest BCUT2D eigenvalue weighted by Gasteiger charge is 2.46. The number of rotatable bonds is 11. The minimum atomic E-state index is -1.50. The second-order valence-corrected chi connectivity index (χ2v) is 11.6. The summed E-state index contributed by atoms with van der Waals surface area (Å²) in [5.41, 5.74) is 18.1. The van der Waals surface area contributed by atoms with Crippen LogP contribution in [-0.4, -0.2) is 151 Å². The summed E-state index contributed by atoms with van der Waals surface area (Å²) in [6, 6.07) is 0. The summed E-state index contributed by atoms with van der Waals surface area (Å²) >= 11 is 0. The number of carboxylic acid groups (broad SMARTS) is 1. The lowest BCUT2D eigenvalue weighted by atomic mass is 10.1. The highest BCUT2D eigenvalue weighted by molar-refractivity contribution is 5.83. The third-order valence-electron chi connectivity index (χ3n) is 8.27. The van der Waals surface area contributed by atoms with Gasteiger partial charge in [0.1, 0.15) is 54.8 Å². The number of aromatic nitrogens is 8. The van der Waals surface area contributed by atoms with Crippen molar-refractivity contribution >= 4 is 45.8 Å². The Bertz CT molecular complexity index is 1940. The predicted octanol–water partition coefficient (Wildman–Crippen LogP) is -4.73. The molecule has 22 heteroatoms. The third-order valence-corrected chi connectivity index (χ3v) is 8.27. The second kappa shape index (κ2) is 14.4. The number of imidazole rings is 2. The number of nitrogen functional groups attached to an aromatic ring is 2. The van der Waals surface area contributed by atoms with Gasteiger partial charge in [-0.15, -0.1) is 0 Å². The van der Waals surface area contributed by atoms with Gasteiger partial charge in [-0.2, -0.15) is 0 Å². The topological polar surface area (TPSA) is 334 Å². The van der Waals surface area contributed by atoms with Gasteiger partial charge in [-0.1, -0.05) is 5.92 Å².